The monoisotopic (exact) mass is 244 g/mol. The first kappa shape index (κ1) is 12.4. The molecule has 2 rings (SSSR count). The quantitative estimate of drug-likeness (QED) is 0.865. The van der Waals surface area contributed by atoms with E-state index in [-0.39, 0.29) is 5.91 Å². The summed E-state index contributed by atoms with van der Waals surface area (Å²) < 4.78 is 5.17. The molecule has 0 unspecified atom stereocenters. The molecule has 0 radical (unpaired) electrons. The van der Waals surface area contributed by atoms with Crippen molar-refractivity contribution in [3.05, 3.63) is 36.4 Å². The van der Waals surface area contributed by atoms with Gasteiger partial charge in [0.05, 0.1) is 13.7 Å². The minimum Gasteiger partial charge on any atom is -0.497 e. The predicted molar refractivity (Wildman–Crippen MR) is 73.1 cm³/mol. The van der Waals surface area contributed by atoms with Crippen LogP contribution in [0.5, 0.6) is 5.75 Å². The molecular weight excluding hydrogens is 228 g/mol. The van der Waals surface area contributed by atoms with Crippen LogP contribution in [-0.4, -0.2) is 26.6 Å². The summed E-state index contributed by atoms with van der Waals surface area (Å²) in [6.45, 7) is 0.306. The maximum atomic E-state index is 11.5. The van der Waals surface area contributed by atoms with Gasteiger partial charge in [0, 0.05) is 5.69 Å². The number of rotatable bonds is 4. The molecule has 0 saturated heterocycles. The topological polar surface area (TPSA) is 50.4 Å². The van der Waals surface area contributed by atoms with Crippen molar-refractivity contribution in [1.82, 2.24) is 5.32 Å². The van der Waals surface area contributed by atoms with Crippen molar-refractivity contribution in [2.24, 2.45) is 0 Å². The van der Waals surface area contributed by atoms with Gasteiger partial charge in [0.15, 0.2) is 0 Å². The number of nitrogens with one attached hydrogen (secondary N) is 2. The van der Waals surface area contributed by atoms with Crippen LogP contribution in [0.4, 0.5) is 5.69 Å². The lowest BCUT2D eigenvalue weighted by molar-refractivity contribution is -0.115. The predicted octanol–water partition coefficient (Wildman–Crippen LogP) is 2.01. The van der Waals surface area contributed by atoms with Crippen molar-refractivity contribution in [2.75, 3.05) is 26.0 Å². The SMILES string of the molecule is CNCC(=O)Nc1ccc2cc(OC)ccc2c1. The molecule has 2 N–H and O–H groups in total. The molecule has 2 aromatic rings. The Labute approximate surface area is 106 Å². The maximum Gasteiger partial charge on any atom is 0.238 e. The molecule has 0 aromatic heterocycles. The maximum absolute atomic E-state index is 11.5. The van der Waals surface area contributed by atoms with Gasteiger partial charge in [-0.1, -0.05) is 12.1 Å². The van der Waals surface area contributed by atoms with Crippen molar-refractivity contribution in [1.29, 1.82) is 0 Å². The first-order valence-electron chi connectivity index (χ1n) is 5.75. The fraction of sp³-hybridized carbons (Fsp3) is 0.214. The van der Waals surface area contributed by atoms with Crippen molar-refractivity contribution < 1.29 is 9.53 Å². The number of likely N-dealkylation sites (N-methyl/N-ethyl adjacent to an activating group) is 1. The number of anilines is 1. The van der Waals surface area contributed by atoms with Crippen LogP contribution < -0.4 is 15.4 Å². The number of hydrogen-bond donors (Lipinski definition) is 2. The smallest absolute Gasteiger partial charge is 0.238 e. The third-order valence-electron chi connectivity index (χ3n) is 2.67. The number of carbonyl (C=O) groups is 1. The van der Waals surface area contributed by atoms with E-state index in [0.29, 0.717) is 6.54 Å². The molecule has 18 heavy (non-hydrogen) atoms. The molecule has 0 spiro atoms. The summed E-state index contributed by atoms with van der Waals surface area (Å²) in [5.41, 5.74) is 0.799. The lowest BCUT2D eigenvalue weighted by Crippen LogP contribution is -2.24. The molecule has 0 aliphatic rings. The van der Waals surface area contributed by atoms with Crippen molar-refractivity contribution in [3.8, 4) is 5.75 Å². The Kier molecular flexibility index (Phi) is 3.79. The molecule has 0 bridgehead atoms. The third-order valence-corrected chi connectivity index (χ3v) is 2.67. The molecule has 0 saturated carbocycles. The molecule has 1 amide bonds. The molecule has 4 heteroatoms. The summed E-state index contributed by atoms with van der Waals surface area (Å²) >= 11 is 0. The molecular formula is C14H16N2O2. The summed E-state index contributed by atoms with van der Waals surface area (Å²) in [5.74, 6) is 0.778. The normalized spacial score (nSPS) is 10.3. The Bertz CT molecular complexity index is 567. The summed E-state index contributed by atoms with van der Waals surface area (Å²) in [6, 6.07) is 11.6. The second-order valence-electron chi connectivity index (χ2n) is 4.01. The van der Waals surface area contributed by atoms with Gasteiger partial charge in [0.2, 0.25) is 5.91 Å². The third kappa shape index (κ3) is 2.78. The number of methoxy groups -OCH3 is 1. The van der Waals surface area contributed by atoms with Gasteiger partial charge < -0.3 is 15.4 Å². The van der Waals surface area contributed by atoms with E-state index in [4.69, 9.17) is 4.74 Å². The Morgan fingerprint density at radius 2 is 1.89 bits per heavy atom. The van der Waals surface area contributed by atoms with E-state index in [0.717, 1.165) is 22.2 Å². The van der Waals surface area contributed by atoms with Crippen LogP contribution in [0.25, 0.3) is 10.8 Å². The van der Waals surface area contributed by atoms with Crippen LogP contribution in [-0.2, 0) is 4.79 Å². The summed E-state index contributed by atoms with van der Waals surface area (Å²) in [6.07, 6.45) is 0. The number of fused-ring (bicyclic) bond motifs is 1. The lowest BCUT2D eigenvalue weighted by atomic mass is 10.1. The highest BCUT2D eigenvalue weighted by molar-refractivity contribution is 5.95. The zero-order chi connectivity index (χ0) is 13.0. The molecule has 2 aromatic carbocycles. The molecule has 0 aliphatic heterocycles. The highest BCUT2D eigenvalue weighted by atomic mass is 16.5. The van der Waals surface area contributed by atoms with Gasteiger partial charge in [-0.25, -0.2) is 0 Å². The second kappa shape index (κ2) is 5.51. The van der Waals surface area contributed by atoms with Crippen LogP contribution in [0.3, 0.4) is 0 Å². The average Bonchev–Trinajstić information content (AvgIpc) is 2.38. The first-order valence-corrected chi connectivity index (χ1v) is 5.75. The van der Waals surface area contributed by atoms with Gasteiger partial charge in [-0.05, 0) is 42.1 Å². The van der Waals surface area contributed by atoms with Gasteiger partial charge in [-0.3, -0.25) is 4.79 Å². The Balaban J connectivity index is 2.25. The van der Waals surface area contributed by atoms with Crippen LogP contribution in [0.15, 0.2) is 36.4 Å². The fourth-order valence-corrected chi connectivity index (χ4v) is 1.79. The van der Waals surface area contributed by atoms with E-state index in [1.807, 2.05) is 36.4 Å². The Morgan fingerprint density at radius 1 is 1.17 bits per heavy atom. The number of carbonyl (C=O) groups excluding carboxylic acids is 1. The van der Waals surface area contributed by atoms with Gasteiger partial charge in [-0.15, -0.1) is 0 Å². The van der Waals surface area contributed by atoms with Gasteiger partial charge in [0.1, 0.15) is 5.75 Å². The number of benzene rings is 2. The first-order chi connectivity index (χ1) is 8.72. The molecule has 0 atom stereocenters. The van der Waals surface area contributed by atoms with E-state index >= 15 is 0 Å². The van der Waals surface area contributed by atoms with Crippen LogP contribution in [0.2, 0.25) is 0 Å². The standard InChI is InChI=1S/C14H16N2O2/c1-15-9-14(17)16-12-5-3-11-8-13(18-2)6-4-10(11)7-12/h3-8,15H,9H2,1-2H3,(H,16,17). The van der Waals surface area contributed by atoms with Crippen molar-refractivity contribution in [2.45, 2.75) is 0 Å². The van der Waals surface area contributed by atoms with E-state index in [1.54, 1.807) is 14.2 Å². The Hall–Kier alpha value is -2.07. The van der Waals surface area contributed by atoms with Crippen molar-refractivity contribution in [3.63, 3.8) is 0 Å². The molecule has 0 heterocycles. The Morgan fingerprint density at radius 3 is 2.61 bits per heavy atom. The van der Waals surface area contributed by atoms with E-state index in [2.05, 4.69) is 10.6 Å². The fourth-order valence-electron chi connectivity index (χ4n) is 1.79. The van der Waals surface area contributed by atoms with Gasteiger partial charge in [-0.2, -0.15) is 0 Å². The van der Waals surface area contributed by atoms with Crippen LogP contribution in [0.1, 0.15) is 0 Å². The largest absolute Gasteiger partial charge is 0.497 e. The van der Waals surface area contributed by atoms with Crippen LogP contribution >= 0.6 is 0 Å². The highest BCUT2D eigenvalue weighted by Gasteiger charge is 2.02. The van der Waals surface area contributed by atoms with Gasteiger partial charge in [0.25, 0.3) is 0 Å². The number of amides is 1. The van der Waals surface area contributed by atoms with E-state index in [1.165, 1.54) is 0 Å². The minimum absolute atomic E-state index is 0.0506. The van der Waals surface area contributed by atoms with E-state index in [9.17, 15) is 4.79 Å². The van der Waals surface area contributed by atoms with Gasteiger partial charge >= 0.3 is 0 Å². The zero-order valence-electron chi connectivity index (χ0n) is 10.5. The number of hydrogen-bond acceptors (Lipinski definition) is 3. The van der Waals surface area contributed by atoms with Crippen LogP contribution in [0, 0.1) is 0 Å². The minimum atomic E-state index is -0.0506. The molecule has 4 nitrogen and oxygen atoms in total. The summed E-state index contributed by atoms with van der Waals surface area (Å²) in [4.78, 5) is 11.5. The number of ether oxygens (including phenoxy) is 1. The summed E-state index contributed by atoms with van der Waals surface area (Å²) in [5, 5.41) is 7.79. The molecule has 0 aliphatic carbocycles. The second-order valence-corrected chi connectivity index (χ2v) is 4.01. The molecule has 94 valence electrons. The molecule has 0 fully saturated rings. The zero-order valence-corrected chi connectivity index (χ0v) is 10.5. The summed E-state index contributed by atoms with van der Waals surface area (Å²) in [7, 11) is 3.39. The average molecular weight is 244 g/mol. The van der Waals surface area contributed by atoms with E-state index < -0.39 is 0 Å². The van der Waals surface area contributed by atoms with Crippen molar-refractivity contribution >= 4 is 22.4 Å². The highest BCUT2D eigenvalue weighted by Crippen LogP contribution is 2.23. The lowest BCUT2D eigenvalue weighted by Gasteiger charge is -2.07.